The van der Waals surface area contributed by atoms with Crippen LogP contribution in [-0.4, -0.2) is 93.7 Å². The summed E-state index contributed by atoms with van der Waals surface area (Å²) in [6.07, 6.45) is 0. The molecule has 0 saturated carbocycles. The number of methoxy groups -OCH3 is 1. The average molecular weight is 258 g/mol. The van der Waals surface area contributed by atoms with E-state index in [1.807, 2.05) is 0 Å². The molecule has 0 aliphatic carbocycles. The summed E-state index contributed by atoms with van der Waals surface area (Å²) >= 11 is 0. The topological polar surface area (TPSA) is 62.0 Å². The average Bonchev–Trinajstić information content (AvgIpc) is 2.36. The van der Waals surface area contributed by atoms with E-state index in [-0.39, 0.29) is 5.97 Å². The second-order valence-electron chi connectivity index (χ2n) is 5.08. The van der Waals surface area contributed by atoms with Crippen LogP contribution in [0.4, 0.5) is 0 Å². The van der Waals surface area contributed by atoms with Crippen LogP contribution in [0, 0.1) is 0 Å². The SMILES string of the molecule is COC(=O)C(N)CN1CCN(CCN(C)C)CC1. The molecule has 0 amide bonds. The number of esters is 1. The van der Waals surface area contributed by atoms with Gasteiger partial charge >= 0.3 is 5.97 Å². The first-order valence-electron chi connectivity index (χ1n) is 6.45. The molecule has 0 aromatic heterocycles. The highest BCUT2D eigenvalue weighted by atomic mass is 16.5. The van der Waals surface area contributed by atoms with Gasteiger partial charge < -0.3 is 15.4 Å². The molecule has 106 valence electrons. The number of likely N-dealkylation sites (N-methyl/N-ethyl adjacent to an activating group) is 1. The molecule has 2 N–H and O–H groups in total. The van der Waals surface area contributed by atoms with E-state index >= 15 is 0 Å². The highest BCUT2D eigenvalue weighted by molar-refractivity contribution is 5.75. The van der Waals surface area contributed by atoms with E-state index in [9.17, 15) is 4.79 Å². The quantitative estimate of drug-likeness (QED) is 0.595. The molecule has 1 fully saturated rings. The zero-order chi connectivity index (χ0) is 13.5. The Balaban J connectivity index is 2.21. The minimum absolute atomic E-state index is 0.329. The van der Waals surface area contributed by atoms with Gasteiger partial charge in [0.1, 0.15) is 6.04 Å². The molecule has 6 heteroatoms. The Morgan fingerprint density at radius 1 is 1.28 bits per heavy atom. The first-order chi connectivity index (χ1) is 8.52. The first-order valence-corrected chi connectivity index (χ1v) is 6.45. The lowest BCUT2D eigenvalue weighted by molar-refractivity contribution is -0.142. The van der Waals surface area contributed by atoms with Crippen molar-refractivity contribution in [3.63, 3.8) is 0 Å². The van der Waals surface area contributed by atoms with E-state index in [0.717, 1.165) is 39.3 Å². The van der Waals surface area contributed by atoms with Crippen molar-refractivity contribution in [1.82, 2.24) is 14.7 Å². The van der Waals surface area contributed by atoms with Crippen LogP contribution in [0.1, 0.15) is 0 Å². The maximum Gasteiger partial charge on any atom is 0.323 e. The van der Waals surface area contributed by atoms with Gasteiger partial charge in [-0.2, -0.15) is 0 Å². The number of nitrogens with two attached hydrogens (primary N) is 1. The molecule has 1 saturated heterocycles. The lowest BCUT2D eigenvalue weighted by Crippen LogP contribution is -2.52. The van der Waals surface area contributed by atoms with Crippen molar-refractivity contribution in [2.75, 3.05) is 67.0 Å². The third-order valence-electron chi connectivity index (χ3n) is 3.29. The number of carbonyl (C=O) groups excluding carboxylic acids is 1. The Morgan fingerprint density at radius 2 is 1.83 bits per heavy atom. The third kappa shape index (κ3) is 5.30. The molecule has 6 nitrogen and oxygen atoms in total. The van der Waals surface area contributed by atoms with Crippen molar-refractivity contribution >= 4 is 5.97 Å². The summed E-state index contributed by atoms with van der Waals surface area (Å²) in [5.41, 5.74) is 5.76. The standard InChI is InChI=1S/C12H26N4O2/c1-14(2)4-5-15-6-8-16(9-7-15)10-11(13)12(17)18-3/h11H,4-10,13H2,1-3H3. The normalized spacial score (nSPS) is 20.1. The molecule has 0 aromatic rings. The maximum atomic E-state index is 11.2. The Kier molecular flexibility index (Phi) is 6.56. The number of rotatable bonds is 6. The minimum Gasteiger partial charge on any atom is -0.468 e. The Morgan fingerprint density at radius 3 is 2.33 bits per heavy atom. The van der Waals surface area contributed by atoms with E-state index in [1.54, 1.807) is 0 Å². The Bertz CT molecular complexity index is 252. The number of nitrogens with zero attached hydrogens (tertiary/aromatic N) is 3. The molecule has 0 radical (unpaired) electrons. The summed E-state index contributed by atoms with van der Waals surface area (Å²) in [7, 11) is 5.55. The molecule has 0 spiro atoms. The lowest BCUT2D eigenvalue weighted by Gasteiger charge is -2.35. The number of ether oxygens (including phenoxy) is 1. The van der Waals surface area contributed by atoms with Gasteiger partial charge in [0.25, 0.3) is 0 Å². The summed E-state index contributed by atoms with van der Waals surface area (Å²) in [6, 6.07) is -0.525. The highest BCUT2D eigenvalue weighted by Gasteiger charge is 2.21. The van der Waals surface area contributed by atoms with E-state index in [4.69, 9.17) is 5.73 Å². The maximum absolute atomic E-state index is 11.2. The van der Waals surface area contributed by atoms with Crippen molar-refractivity contribution in [3.8, 4) is 0 Å². The van der Waals surface area contributed by atoms with Crippen molar-refractivity contribution in [3.05, 3.63) is 0 Å². The number of hydrogen-bond acceptors (Lipinski definition) is 6. The predicted molar refractivity (Wildman–Crippen MR) is 71.4 cm³/mol. The number of carbonyl (C=O) groups is 1. The van der Waals surface area contributed by atoms with Gasteiger partial charge in [-0.15, -0.1) is 0 Å². The Hall–Kier alpha value is -0.690. The molecule has 1 atom stereocenters. The predicted octanol–water partition coefficient (Wildman–Crippen LogP) is -1.33. The van der Waals surface area contributed by atoms with Crippen LogP contribution in [0.15, 0.2) is 0 Å². The van der Waals surface area contributed by atoms with Gasteiger partial charge in [0.15, 0.2) is 0 Å². The molecule has 18 heavy (non-hydrogen) atoms. The summed E-state index contributed by atoms with van der Waals surface area (Å²) < 4.78 is 4.63. The highest BCUT2D eigenvalue weighted by Crippen LogP contribution is 2.02. The second-order valence-corrected chi connectivity index (χ2v) is 5.08. The molecular formula is C12H26N4O2. The largest absolute Gasteiger partial charge is 0.468 e. The molecule has 1 aliphatic heterocycles. The molecule has 0 aromatic carbocycles. The van der Waals surface area contributed by atoms with Crippen LogP contribution >= 0.6 is 0 Å². The van der Waals surface area contributed by atoms with Gasteiger partial charge in [0.2, 0.25) is 0 Å². The fourth-order valence-corrected chi connectivity index (χ4v) is 2.04. The second kappa shape index (κ2) is 7.68. The molecule has 1 rings (SSSR count). The lowest BCUT2D eigenvalue weighted by atomic mass is 10.2. The van der Waals surface area contributed by atoms with Gasteiger partial charge in [-0.3, -0.25) is 14.6 Å². The van der Waals surface area contributed by atoms with Crippen molar-refractivity contribution in [2.45, 2.75) is 6.04 Å². The van der Waals surface area contributed by atoms with Gasteiger partial charge in [-0.05, 0) is 14.1 Å². The van der Waals surface area contributed by atoms with Crippen LogP contribution in [-0.2, 0) is 9.53 Å². The van der Waals surface area contributed by atoms with Crippen molar-refractivity contribution in [1.29, 1.82) is 0 Å². The Labute approximate surface area is 110 Å². The summed E-state index contributed by atoms with van der Waals surface area (Å²) in [5.74, 6) is -0.329. The van der Waals surface area contributed by atoms with Crippen LogP contribution in [0.3, 0.4) is 0 Å². The molecule has 1 heterocycles. The fourth-order valence-electron chi connectivity index (χ4n) is 2.04. The van der Waals surface area contributed by atoms with E-state index in [0.29, 0.717) is 6.54 Å². The zero-order valence-electron chi connectivity index (χ0n) is 11.8. The molecule has 0 bridgehead atoms. The van der Waals surface area contributed by atoms with Gasteiger partial charge in [0.05, 0.1) is 7.11 Å². The van der Waals surface area contributed by atoms with Crippen molar-refractivity contribution in [2.24, 2.45) is 5.73 Å². The number of piperazine rings is 1. The van der Waals surface area contributed by atoms with Gasteiger partial charge in [-0.1, -0.05) is 0 Å². The van der Waals surface area contributed by atoms with Gasteiger partial charge in [-0.25, -0.2) is 0 Å². The zero-order valence-corrected chi connectivity index (χ0v) is 11.8. The smallest absolute Gasteiger partial charge is 0.323 e. The van der Waals surface area contributed by atoms with Crippen molar-refractivity contribution < 1.29 is 9.53 Å². The third-order valence-corrected chi connectivity index (χ3v) is 3.29. The van der Waals surface area contributed by atoms with E-state index in [1.165, 1.54) is 7.11 Å². The number of hydrogen-bond donors (Lipinski definition) is 1. The summed E-state index contributed by atoms with van der Waals surface area (Å²) in [5, 5.41) is 0. The van der Waals surface area contributed by atoms with E-state index in [2.05, 4.69) is 33.5 Å². The van der Waals surface area contributed by atoms with E-state index < -0.39 is 6.04 Å². The fraction of sp³-hybridized carbons (Fsp3) is 0.917. The first kappa shape index (κ1) is 15.4. The summed E-state index contributed by atoms with van der Waals surface area (Å²) in [6.45, 7) is 6.81. The summed E-state index contributed by atoms with van der Waals surface area (Å²) in [4.78, 5) is 18.1. The monoisotopic (exact) mass is 258 g/mol. The van der Waals surface area contributed by atoms with Gasteiger partial charge in [0, 0.05) is 45.8 Å². The van der Waals surface area contributed by atoms with Crippen LogP contribution in [0.25, 0.3) is 0 Å². The molecule has 1 aliphatic rings. The molecular weight excluding hydrogens is 232 g/mol. The minimum atomic E-state index is -0.525. The van der Waals surface area contributed by atoms with Crippen LogP contribution < -0.4 is 5.73 Å². The van der Waals surface area contributed by atoms with Crippen LogP contribution in [0.2, 0.25) is 0 Å². The molecule has 1 unspecified atom stereocenters. The van der Waals surface area contributed by atoms with Crippen LogP contribution in [0.5, 0.6) is 0 Å².